The summed E-state index contributed by atoms with van der Waals surface area (Å²) >= 11 is 0. The topological polar surface area (TPSA) is 95.9 Å². The summed E-state index contributed by atoms with van der Waals surface area (Å²) in [5, 5.41) is 13.1. The Balaban J connectivity index is 1.67. The van der Waals surface area contributed by atoms with Crippen molar-refractivity contribution in [3.8, 4) is 0 Å². The molecule has 0 bridgehead atoms. The first-order valence-corrected chi connectivity index (χ1v) is 15.3. The van der Waals surface area contributed by atoms with E-state index < -0.39 is 17.4 Å². The number of hydrogen-bond donors (Lipinski definition) is 2. The molecule has 1 aliphatic rings. The normalized spacial score (nSPS) is 16.7. The van der Waals surface area contributed by atoms with E-state index in [0.717, 1.165) is 16.7 Å². The van der Waals surface area contributed by atoms with Gasteiger partial charge in [-0.25, -0.2) is 0 Å². The minimum Gasteiger partial charge on any atom is -0.463 e. The second-order valence-electron chi connectivity index (χ2n) is 12.6. The maximum absolute atomic E-state index is 13.6. The lowest BCUT2D eigenvalue weighted by molar-refractivity contribution is -0.151. The number of carbonyl (C=O) groups is 3. The molecule has 0 radical (unpaired) electrons. The van der Waals surface area contributed by atoms with Crippen LogP contribution in [0.25, 0.3) is 0 Å². The Labute approximate surface area is 257 Å². The number of nitrogens with zero attached hydrogens (tertiary/aromatic N) is 1. The molecule has 2 amide bonds. The Morgan fingerprint density at radius 1 is 1.02 bits per heavy atom. The van der Waals surface area contributed by atoms with E-state index in [0.29, 0.717) is 38.6 Å². The second kappa shape index (κ2) is 16.2. The number of amides is 2. The summed E-state index contributed by atoms with van der Waals surface area (Å²) in [5.41, 5.74) is 2.84. The third-order valence-electron chi connectivity index (χ3n) is 8.26. The molecule has 0 aromatic heterocycles. The number of fused-ring (bicyclic) bond motifs is 1. The molecule has 0 saturated carbocycles. The predicted octanol–water partition coefficient (Wildman–Crippen LogP) is 5.41. The summed E-state index contributed by atoms with van der Waals surface area (Å²) in [6.45, 7) is 13.8. The standard InChI is InChI=1S/C36H48N2O5/c1-6-8-17-29(20-26-15-10-9-11-16-26)35(42)43-25-32(36(3,4)5)37-34(41)28(14-7-2)22-33(40)38-23-30-19-13-12-18-27(30)21-31(38)24-39/h6-7,9-13,15-16,18-19,28-29,31-32,39H,1-2,8,14,17,20-25H2,3-5H3,(H,37,41). The Morgan fingerprint density at radius 3 is 2.33 bits per heavy atom. The van der Waals surface area contributed by atoms with Crippen molar-refractivity contribution in [3.63, 3.8) is 0 Å². The predicted molar refractivity (Wildman–Crippen MR) is 170 cm³/mol. The average molecular weight is 589 g/mol. The van der Waals surface area contributed by atoms with Crippen LogP contribution in [-0.2, 0) is 38.5 Å². The molecule has 1 heterocycles. The van der Waals surface area contributed by atoms with Crippen LogP contribution in [-0.4, -0.2) is 53.1 Å². The number of esters is 1. The molecule has 2 aromatic rings. The van der Waals surface area contributed by atoms with Gasteiger partial charge in [0.2, 0.25) is 11.8 Å². The fourth-order valence-electron chi connectivity index (χ4n) is 5.46. The SMILES string of the molecule is C=CCCC(Cc1ccccc1)C(=O)OCC(NC(=O)C(CC=C)CC(=O)N1Cc2ccccc2CC1CO)C(C)(C)C. The molecule has 3 rings (SSSR count). The number of ether oxygens (including phenoxy) is 1. The fraction of sp³-hybridized carbons (Fsp3) is 0.472. The fourth-order valence-corrected chi connectivity index (χ4v) is 5.46. The van der Waals surface area contributed by atoms with Crippen molar-refractivity contribution in [2.45, 2.75) is 77.9 Å². The molecule has 7 nitrogen and oxygen atoms in total. The van der Waals surface area contributed by atoms with Crippen LogP contribution in [0.1, 0.15) is 63.1 Å². The Bertz CT molecular complexity index is 1240. The Kier molecular flexibility index (Phi) is 12.7. The maximum Gasteiger partial charge on any atom is 0.309 e. The number of aliphatic hydroxyl groups excluding tert-OH is 1. The first kappa shape index (κ1) is 33.8. The summed E-state index contributed by atoms with van der Waals surface area (Å²) in [5.74, 6) is -1.72. The van der Waals surface area contributed by atoms with Crippen LogP contribution in [0.15, 0.2) is 79.9 Å². The molecule has 2 aromatic carbocycles. The second-order valence-corrected chi connectivity index (χ2v) is 12.6. The number of allylic oxidation sites excluding steroid dienone is 2. The van der Waals surface area contributed by atoms with Crippen molar-refractivity contribution in [3.05, 3.63) is 96.6 Å². The van der Waals surface area contributed by atoms with E-state index in [2.05, 4.69) is 18.5 Å². The highest BCUT2D eigenvalue weighted by molar-refractivity contribution is 5.86. The van der Waals surface area contributed by atoms with Crippen LogP contribution < -0.4 is 5.32 Å². The van der Waals surface area contributed by atoms with E-state index in [1.807, 2.05) is 75.4 Å². The van der Waals surface area contributed by atoms with Crippen LogP contribution in [0.2, 0.25) is 0 Å². The van der Waals surface area contributed by atoms with Gasteiger partial charge in [-0.3, -0.25) is 14.4 Å². The summed E-state index contributed by atoms with van der Waals surface area (Å²) in [6.07, 6.45) is 6.23. The Hall–Kier alpha value is -3.71. The lowest BCUT2D eigenvalue weighted by Crippen LogP contribution is -2.51. The van der Waals surface area contributed by atoms with Gasteiger partial charge in [0.1, 0.15) is 6.61 Å². The molecule has 2 N–H and O–H groups in total. The number of aliphatic hydroxyl groups is 1. The monoisotopic (exact) mass is 588 g/mol. The van der Waals surface area contributed by atoms with Gasteiger partial charge in [0.05, 0.1) is 30.5 Å². The Morgan fingerprint density at radius 2 is 1.70 bits per heavy atom. The number of hydrogen-bond acceptors (Lipinski definition) is 5. The van der Waals surface area contributed by atoms with Gasteiger partial charge in [0.15, 0.2) is 0 Å². The van der Waals surface area contributed by atoms with Crippen molar-refractivity contribution in [2.75, 3.05) is 13.2 Å². The van der Waals surface area contributed by atoms with Gasteiger partial charge in [-0.05, 0) is 54.2 Å². The van der Waals surface area contributed by atoms with E-state index in [1.165, 1.54) is 0 Å². The van der Waals surface area contributed by atoms with Gasteiger partial charge < -0.3 is 20.1 Å². The third kappa shape index (κ3) is 9.92. The molecule has 1 aliphatic heterocycles. The highest BCUT2D eigenvalue weighted by Crippen LogP contribution is 2.26. The van der Waals surface area contributed by atoms with Crippen LogP contribution in [0.5, 0.6) is 0 Å². The van der Waals surface area contributed by atoms with Crippen molar-refractivity contribution < 1.29 is 24.2 Å². The van der Waals surface area contributed by atoms with Gasteiger partial charge in [-0.2, -0.15) is 0 Å². The molecule has 0 fully saturated rings. The number of rotatable bonds is 15. The van der Waals surface area contributed by atoms with Crippen molar-refractivity contribution in [1.82, 2.24) is 10.2 Å². The smallest absolute Gasteiger partial charge is 0.309 e. The zero-order valence-electron chi connectivity index (χ0n) is 26.0. The summed E-state index contributed by atoms with van der Waals surface area (Å²) in [7, 11) is 0. The molecule has 4 atom stereocenters. The number of benzene rings is 2. The third-order valence-corrected chi connectivity index (χ3v) is 8.26. The highest BCUT2D eigenvalue weighted by Gasteiger charge is 2.34. The molecule has 0 spiro atoms. The number of nitrogens with one attached hydrogen (secondary N) is 1. The molecule has 0 aliphatic carbocycles. The zero-order valence-corrected chi connectivity index (χ0v) is 26.0. The van der Waals surface area contributed by atoms with Gasteiger partial charge in [-0.1, -0.05) is 87.5 Å². The maximum atomic E-state index is 13.6. The largest absolute Gasteiger partial charge is 0.463 e. The van der Waals surface area contributed by atoms with E-state index in [9.17, 15) is 19.5 Å². The average Bonchev–Trinajstić information content (AvgIpc) is 2.99. The summed E-state index contributed by atoms with van der Waals surface area (Å²) in [4.78, 5) is 42.0. The van der Waals surface area contributed by atoms with Crippen LogP contribution in [0, 0.1) is 17.3 Å². The lowest BCUT2D eigenvalue weighted by atomic mass is 9.86. The molecule has 232 valence electrons. The van der Waals surface area contributed by atoms with E-state index in [-0.39, 0.29) is 49.4 Å². The molecular formula is C36H48N2O5. The van der Waals surface area contributed by atoms with Gasteiger partial charge in [-0.15, -0.1) is 13.2 Å². The highest BCUT2D eigenvalue weighted by atomic mass is 16.5. The molecule has 7 heteroatoms. The van der Waals surface area contributed by atoms with Crippen LogP contribution in [0.4, 0.5) is 0 Å². The quantitative estimate of drug-likeness (QED) is 0.214. The van der Waals surface area contributed by atoms with E-state index >= 15 is 0 Å². The van der Waals surface area contributed by atoms with E-state index in [4.69, 9.17) is 4.74 Å². The molecule has 0 saturated heterocycles. The van der Waals surface area contributed by atoms with Crippen LogP contribution in [0.3, 0.4) is 0 Å². The van der Waals surface area contributed by atoms with Crippen molar-refractivity contribution >= 4 is 17.8 Å². The van der Waals surface area contributed by atoms with Gasteiger partial charge >= 0.3 is 5.97 Å². The first-order chi connectivity index (χ1) is 20.6. The van der Waals surface area contributed by atoms with Gasteiger partial charge in [0, 0.05) is 13.0 Å². The molecule has 4 unspecified atom stereocenters. The number of carbonyl (C=O) groups excluding carboxylic acids is 3. The minimum absolute atomic E-state index is 0.00608. The lowest BCUT2D eigenvalue weighted by Gasteiger charge is -2.37. The van der Waals surface area contributed by atoms with Gasteiger partial charge in [0.25, 0.3) is 0 Å². The minimum atomic E-state index is -0.638. The van der Waals surface area contributed by atoms with Crippen LogP contribution >= 0.6 is 0 Å². The first-order valence-electron chi connectivity index (χ1n) is 15.3. The molecular weight excluding hydrogens is 540 g/mol. The van der Waals surface area contributed by atoms with E-state index in [1.54, 1.807) is 17.1 Å². The zero-order chi connectivity index (χ0) is 31.4. The van der Waals surface area contributed by atoms with Crippen molar-refractivity contribution in [2.24, 2.45) is 17.3 Å². The van der Waals surface area contributed by atoms with Crippen molar-refractivity contribution in [1.29, 1.82) is 0 Å². The molecule has 43 heavy (non-hydrogen) atoms. The summed E-state index contributed by atoms with van der Waals surface area (Å²) in [6, 6.07) is 17.0. The summed E-state index contributed by atoms with van der Waals surface area (Å²) < 4.78 is 5.83.